The number of halogens is 1. The highest BCUT2D eigenvalue weighted by Crippen LogP contribution is 2.12. The fourth-order valence-corrected chi connectivity index (χ4v) is 1.98. The van der Waals surface area contributed by atoms with Crippen LogP contribution in [-0.4, -0.2) is 53.2 Å². The predicted octanol–water partition coefficient (Wildman–Crippen LogP) is 1.01. The Kier molecular flexibility index (Phi) is 7.21. The summed E-state index contributed by atoms with van der Waals surface area (Å²) in [5.41, 5.74) is 1.40. The molecule has 0 radical (unpaired) electrons. The topological polar surface area (TPSA) is 89.9 Å². The molecule has 1 aromatic rings. The minimum absolute atomic E-state index is 1.08. The van der Waals surface area contributed by atoms with E-state index in [4.69, 9.17) is 19.8 Å². The molecular weight excluding hydrogens is 328 g/mol. The zero-order chi connectivity index (χ0) is 15.0. The molecule has 1 heterocycles. The van der Waals surface area contributed by atoms with Gasteiger partial charge in [0.2, 0.25) is 0 Å². The number of carboxylic acid groups (broad SMARTS) is 2. The van der Waals surface area contributed by atoms with Gasteiger partial charge < -0.3 is 15.5 Å². The lowest BCUT2D eigenvalue weighted by molar-refractivity contribution is -0.159. The third-order valence-corrected chi connectivity index (χ3v) is 3.24. The minimum Gasteiger partial charge on any atom is -0.473 e. The van der Waals surface area contributed by atoms with Crippen molar-refractivity contribution in [3.8, 4) is 0 Å². The van der Waals surface area contributed by atoms with Crippen LogP contribution in [-0.2, 0) is 16.1 Å². The van der Waals surface area contributed by atoms with Gasteiger partial charge in [-0.1, -0.05) is 28.1 Å². The van der Waals surface area contributed by atoms with E-state index in [-0.39, 0.29) is 0 Å². The Morgan fingerprint density at radius 2 is 1.60 bits per heavy atom. The van der Waals surface area contributed by atoms with Crippen LogP contribution in [0.2, 0.25) is 0 Å². The lowest BCUT2D eigenvalue weighted by Crippen LogP contribution is -2.42. The lowest BCUT2D eigenvalue weighted by Gasteiger charge is -2.27. The molecule has 0 amide bonds. The van der Waals surface area contributed by atoms with Gasteiger partial charge in [-0.25, -0.2) is 9.59 Å². The van der Waals surface area contributed by atoms with E-state index in [1.165, 1.54) is 5.56 Å². The van der Waals surface area contributed by atoms with Crippen molar-refractivity contribution in [3.05, 3.63) is 34.3 Å². The van der Waals surface area contributed by atoms with E-state index >= 15 is 0 Å². The monoisotopic (exact) mass is 344 g/mol. The molecule has 0 aliphatic carbocycles. The van der Waals surface area contributed by atoms with Gasteiger partial charge in [0, 0.05) is 37.2 Å². The Labute approximate surface area is 125 Å². The maximum Gasteiger partial charge on any atom is 0.414 e. The number of carbonyl (C=O) groups is 2. The highest BCUT2D eigenvalue weighted by molar-refractivity contribution is 9.10. The first-order valence-electron chi connectivity index (χ1n) is 6.13. The first-order chi connectivity index (χ1) is 9.49. The summed E-state index contributed by atoms with van der Waals surface area (Å²) in [4.78, 5) is 20.7. The molecule has 3 N–H and O–H groups in total. The van der Waals surface area contributed by atoms with Gasteiger partial charge in [0.1, 0.15) is 0 Å². The molecule has 0 spiro atoms. The Balaban J connectivity index is 0.000000286. The Morgan fingerprint density at radius 1 is 1.10 bits per heavy atom. The molecule has 0 bridgehead atoms. The predicted molar refractivity (Wildman–Crippen MR) is 77.6 cm³/mol. The largest absolute Gasteiger partial charge is 0.473 e. The molecule has 2 rings (SSSR count). The molecule has 1 fully saturated rings. The van der Waals surface area contributed by atoms with Gasteiger partial charge in [0.05, 0.1) is 0 Å². The molecule has 0 saturated carbocycles. The van der Waals surface area contributed by atoms with Crippen molar-refractivity contribution in [3.63, 3.8) is 0 Å². The molecule has 20 heavy (non-hydrogen) atoms. The number of nitrogens with zero attached hydrogens (tertiary/aromatic N) is 1. The molecule has 0 unspecified atom stereocenters. The zero-order valence-corrected chi connectivity index (χ0v) is 12.5. The van der Waals surface area contributed by atoms with Crippen LogP contribution in [0.5, 0.6) is 0 Å². The average Bonchev–Trinajstić information content (AvgIpc) is 2.43. The zero-order valence-electron chi connectivity index (χ0n) is 10.9. The minimum atomic E-state index is -1.82. The normalized spacial score (nSPS) is 15.1. The van der Waals surface area contributed by atoms with Crippen LogP contribution in [0.15, 0.2) is 28.7 Å². The molecule has 1 aliphatic heterocycles. The summed E-state index contributed by atoms with van der Waals surface area (Å²) in [5.74, 6) is -3.65. The van der Waals surface area contributed by atoms with Crippen molar-refractivity contribution in [2.45, 2.75) is 6.54 Å². The summed E-state index contributed by atoms with van der Waals surface area (Å²) in [5, 5.41) is 18.1. The van der Waals surface area contributed by atoms with E-state index in [2.05, 4.69) is 50.4 Å². The standard InChI is InChI=1S/C11H15BrN2.C2H2O4/c12-11-3-1-10(2-4-11)9-14-7-5-13-6-8-14;3-1(4)2(5)6/h1-4,13H,5-9H2;(H,3,4)(H,5,6). The third kappa shape index (κ3) is 6.65. The summed E-state index contributed by atoms with van der Waals surface area (Å²) >= 11 is 3.45. The molecule has 7 heteroatoms. The van der Waals surface area contributed by atoms with Gasteiger partial charge >= 0.3 is 11.9 Å². The maximum absolute atomic E-state index is 9.10. The lowest BCUT2D eigenvalue weighted by atomic mass is 10.2. The van der Waals surface area contributed by atoms with E-state index in [1.54, 1.807) is 0 Å². The Bertz CT molecular complexity index is 432. The molecule has 0 aromatic heterocycles. The number of hydrogen-bond acceptors (Lipinski definition) is 4. The van der Waals surface area contributed by atoms with E-state index in [9.17, 15) is 0 Å². The van der Waals surface area contributed by atoms with Crippen LogP contribution in [0, 0.1) is 0 Å². The maximum atomic E-state index is 9.10. The quantitative estimate of drug-likeness (QED) is 0.694. The SMILES string of the molecule is Brc1ccc(CN2CCNCC2)cc1.O=C(O)C(=O)O. The van der Waals surface area contributed by atoms with Crippen molar-refractivity contribution in [1.82, 2.24) is 10.2 Å². The molecule has 1 aromatic carbocycles. The van der Waals surface area contributed by atoms with E-state index in [0.29, 0.717) is 0 Å². The first kappa shape index (κ1) is 16.6. The second kappa shape index (κ2) is 8.68. The van der Waals surface area contributed by atoms with Crippen LogP contribution in [0.25, 0.3) is 0 Å². The summed E-state index contributed by atoms with van der Waals surface area (Å²) in [7, 11) is 0. The Morgan fingerprint density at radius 3 is 2.05 bits per heavy atom. The van der Waals surface area contributed by atoms with Gasteiger partial charge in [-0.2, -0.15) is 0 Å². The van der Waals surface area contributed by atoms with Crippen LogP contribution in [0.1, 0.15) is 5.56 Å². The highest BCUT2D eigenvalue weighted by atomic mass is 79.9. The molecule has 1 saturated heterocycles. The second-order valence-corrected chi connectivity index (χ2v) is 5.18. The second-order valence-electron chi connectivity index (χ2n) is 4.26. The molecule has 1 aliphatic rings. The first-order valence-corrected chi connectivity index (χ1v) is 6.92. The van der Waals surface area contributed by atoms with E-state index < -0.39 is 11.9 Å². The number of hydrogen-bond donors (Lipinski definition) is 3. The van der Waals surface area contributed by atoms with E-state index in [0.717, 1.165) is 37.2 Å². The van der Waals surface area contributed by atoms with Gasteiger partial charge in [-0.3, -0.25) is 4.90 Å². The third-order valence-electron chi connectivity index (χ3n) is 2.71. The summed E-state index contributed by atoms with van der Waals surface area (Å²) in [6, 6.07) is 8.59. The van der Waals surface area contributed by atoms with Crippen molar-refractivity contribution in [2.24, 2.45) is 0 Å². The van der Waals surface area contributed by atoms with E-state index in [1.807, 2.05) is 0 Å². The van der Waals surface area contributed by atoms with Crippen molar-refractivity contribution in [1.29, 1.82) is 0 Å². The fraction of sp³-hybridized carbons (Fsp3) is 0.385. The van der Waals surface area contributed by atoms with Gasteiger partial charge in [0.25, 0.3) is 0 Å². The number of aliphatic carboxylic acids is 2. The number of piperazine rings is 1. The Hall–Kier alpha value is -1.44. The average molecular weight is 345 g/mol. The van der Waals surface area contributed by atoms with Crippen molar-refractivity contribution >= 4 is 27.9 Å². The van der Waals surface area contributed by atoms with Crippen LogP contribution in [0.4, 0.5) is 0 Å². The summed E-state index contributed by atoms with van der Waals surface area (Å²) < 4.78 is 1.15. The van der Waals surface area contributed by atoms with Crippen LogP contribution in [0.3, 0.4) is 0 Å². The van der Waals surface area contributed by atoms with Crippen LogP contribution < -0.4 is 5.32 Å². The van der Waals surface area contributed by atoms with Gasteiger partial charge in [0.15, 0.2) is 0 Å². The number of nitrogens with one attached hydrogen (secondary N) is 1. The number of rotatable bonds is 2. The number of carboxylic acids is 2. The highest BCUT2D eigenvalue weighted by Gasteiger charge is 2.09. The van der Waals surface area contributed by atoms with Crippen molar-refractivity contribution in [2.75, 3.05) is 26.2 Å². The molecule has 110 valence electrons. The smallest absolute Gasteiger partial charge is 0.414 e. The number of benzene rings is 1. The molecule has 0 atom stereocenters. The molecule has 6 nitrogen and oxygen atoms in total. The summed E-state index contributed by atoms with van der Waals surface area (Å²) in [6.07, 6.45) is 0. The van der Waals surface area contributed by atoms with Gasteiger partial charge in [-0.15, -0.1) is 0 Å². The summed E-state index contributed by atoms with van der Waals surface area (Å²) in [6.45, 7) is 5.65. The fourth-order valence-electron chi connectivity index (χ4n) is 1.72. The van der Waals surface area contributed by atoms with Crippen molar-refractivity contribution < 1.29 is 19.8 Å². The molecular formula is C13H17BrN2O4. The van der Waals surface area contributed by atoms with Crippen LogP contribution >= 0.6 is 15.9 Å². The van der Waals surface area contributed by atoms with Gasteiger partial charge in [-0.05, 0) is 17.7 Å².